The van der Waals surface area contributed by atoms with Gasteiger partial charge in [0.25, 0.3) is 0 Å². The van der Waals surface area contributed by atoms with Gasteiger partial charge < -0.3 is 9.13 Å². The average molecular weight is 611 g/mol. The van der Waals surface area contributed by atoms with Gasteiger partial charge in [0.1, 0.15) is 0 Å². The highest BCUT2D eigenvalue weighted by Gasteiger charge is 2.20. The van der Waals surface area contributed by atoms with E-state index in [1.807, 2.05) is 36.4 Å². The number of hydrogen-bond acceptors (Lipinski definition) is 1. The fourth-order valence-electron chi connectivity index (χ4n) is 7.40. The molecule has 2 heterocycles. The maximum absolute atomic E-state index is 9.90. The molecule has 222 valence electrons. The first-order chi connectivity index (χ1) is 23.8. The molecule has 0 amide bonds. The van der Waals surface area contributed by atoms with Crippen molar-refractivity contribution >= 4 is 49.3 Å². The number of nitriles is 1. The second-order valence-electron chi connectivity index (χ2n) is 11.9. The fourth-order valence-corrected chi connectivity index (χ4v) is 7.40. The van der Waals surface area contributed by atoms with Crippen LogP contribution in [0.2, 0.25) is 0 Å². The lowest BCUT2D eigenvalue weighted by molar-refractivity contribution is 1.18. The van der Waals surface area contributed by atoms with Crippen LogP contribution in [0.15, 0.2) is 158 Å². The number of fused-ring (bicyclic) bond motifs is 6. The van der Waals surface area contributed by atoms with Crippen LogP contribution in [0.1, 0.15) is 5.56 Å². The molecule has 0 aliphatic carbocycles. The van der Waals surface area contributed by atoms with Crippen LogP contribution in [-0.4, -0.2) is 9.13 Å². The van der Waals surface area contributed by atoms with Gasteiger partial charge in [0, 0.05) is 27.2 Å². The van der Waals surface area contributed by atoms with Gasteiger partial charge in [-0.3, -0.25) is 0 Å². The third-order valence-corrected chi connectivity index (χ3v) is 9.41. The van der Waals surface area contributed by atoms with E-state index in [-0.39, 0.29) is 0 Å². The van der Waals surface area contributed by atoms with Crippen molar-refractivity contribution in [3.8, 4) is 39.7 Å². The van der Waals surface area contributed by atoms with E-state index in [1.165, 1.54) is 10.8 Å². The molecule has 0 radical (unpaired) electrons. The summed E-state index contributed by atoms with van der Waals surface area (Å²) < 4.78 is 4.55. The minimum atomic E-state index is 0.608. The standard InChI is InChI=1S/C44H26N4/c1-46-37-18-11-17-32(29-24-26-31(27-25-29)47-40-21-8-4-15-35(40)43-30(28-45)12-10-23-42(43)47)44(37)36-16-5-9-22-41(36)48-38-19-6-2-13-33(38)34-14-3-7-20-39(34)48/h2-27H. The van der Waals surface area contributed by atoms with Crippen LogP contribution < -0.4 is 0 Å². The molecule has 48 heavy (non-hydrogen) atoms. The summed E-state index contributed by atoms with van der Waals surface area (Å²) in [4.78, 5) is 4.03. The van der Waals surface area contributed by atoms with Crippen molar-refractivity contribution in [2.45, 2.75) is 0 Å². The monoisotopic (exact) mass is 610 g/mol. The minimum Gasteiger partial charge on any atom is -0.309 e. The van der Waals surface area contributed by atoms with Crippen molar-refractivity contribution in [1.82, 2.24) is 9.13 Å². The highest BCUT2D eigenvalue weighted by atomic mass is 15.0. The third-order valence-electron chi connectivity index (χ3n) is 9.41. The molecule has 0 aliphatic rings. The highest BCUT2D eigenvalue weighted by Crippen LogP contribution is 2.44. The molecule has 0 bridgehead atoms. The van der Waals surface area contributed by atoms with Crippen molar-refractivity contribution in [2.24, 2.45) is 0 Å². The molecular weight excluding hydrogens is 585 g/mol. The Morgan fingerprint density at radius 3 is 1.75 bits per heavy atom. The zero-order valence-electron chi connectivity index (χ0n) is 25.8. The number of aromatic nitrogens is 2. The Kier molecular flexibility index (Phi) is 6.22. The van der Waals surface area contributed by atoms with E-state index in [9.17, 15) is 5.26 Å². The van der Waals surface area contributed by atoms with Crippen LogP contribution in [0.5, 0.6) is 0 Å². The molecule has 0 aliphatic heterocycles. The molecule has 0 unspecified atom stereocenters. The van der Waals surface area contributed by atoms with E-state index in [0.29, 0.717) is 11.3 Å². The molecule has 2 aromatic heterocycles. The number of nitrogens with zero attached hydrogens (tertiary/aromatic N) is 4. The largest absolute Gasteiger partial charge is 0.309 e. The lowest BCUT2D eigenvalue weighted by atomic mass is 9.92. The summed E-state index contributed by atoms with van der Waals surface area (Å²) in [6.07, 6.45) is 0. The molecule has 0 fully saturated rings. The van der Waals surface area contributed by atoms with Crippen molar-refractivity contribution in [3.63, 3.8) is 0 Å². The van der Waals surface area contributed by atoms with Crippen LogP contribution >= 0.6 is 0 Å². The average Bonchev–Trinajstić information content (AvgIpc) is 3.68. The summed E-state index contributed by atoms with van der Waals surface area (Å²) in [6.45, 7) is 8.21. The molecule has 0 N–H and O–H groups in total. The first-order valence-electron chi connectivity index (χ1n) is 15.9. The first-order valence-corrected chi connectivity index (χ1v) is 15.9. The molecule has 0 saturated carbocycles. The zero-order valence-corrected chi connectivity index (χ0v) is 25.8. The first kappa shape index (κ1) is 27.4. The van der Waals surface area contributed by atoms with Crippen LogP contribution in [0.4, 0.5) is 5.69 Å². The fraction of sp³-hybridized carbons (Fsp3) is 0. The molecule has 4 nitrogen and oxygen atoms in total. The van der Waals surface area contributed by atoms with Crippen molar-refractivity contribution in [2.75, 3.05) is 0 Å². The summed E-state index contributed by atoms with van der Waals surface area (Å²) in [5.74, 6) is 0. The van der Waals surface area contributed by atoms with Gasteiger partial charge in [-0.05, 0) is 70.8 Å². The van der Waals surface area contributed by atoms with E-state index in [1.54, 1.807) is 0 Å². The highest BCUT2D eigenvalue weighted by molar-refractivity contribution is 6.12. The Hall–Kier alpha value is -6.88. The molecule has 4 heteroatoms. The Morgan fingerprint density at radius 2 is 1.06 bits per heavy atom. The Balaban J connectivity index is 1.25. The maximum Gasteiger partial charge on any atom is 0.195 e. The van der Waals surface area contributed by atoms with Gasteiger partial charge in [-0.2, -0.15) is 5.26 Å². The summed E-state index contributed by atoms with van der Waals surface area (Å²) in [6, 6.07) is 56.5. The maximum atomic E-state index is 9.90. The quantitative estimate of drug-likeness (QED) is 0.183. The smallest absolute Gasteiger partial charge is 0.195 e. The predicted molar refractivity (Wildman–Crippen MR) is 197 cm³/mol. The van der Waals surface area contributed by atoms with Crippen LogP contribution in [0, 0.1) is 17.9 Å². The molecule has 9 rings (SSSR count). The van der Waals surface area contributed by atoms with Gasteiger partial charge in [0.2, 0.25) is 0 Å². The van der Waals surface area contributed by atoms with Gasteiger partial charge in [0.15, 0.2) is 5.69 Å². The molecular formula is C44H26N4. The second kappa shape index (κ2) is 10.9. The normalized spacial score (nSPS) is 11.3. The Morgan fingerprint density at radius 1 is 0.500 bits per heavy atom. The van der Waals surface area contributed by atoms with Crippen molar-refractivity contribution < 1.29 is 0 Å². The summed E-state index contributed by atoms with van der Waals surface area (Å²) in [5, 5.41) is 14.3. The summed E-state index contributed by atoms with van der Waals surface area (Å²) in [7, 11) is 0. The summed E-state index contributed by atoms with van der Waals surface area (Å²) in [5.41, 5.74) is 11.6. The molecule has 7 aromatic carbocycles. The predicted octanol–water partition coefficient (Wildman–Crippen LogP) is 11.6. The number of rotatable bonds is 4. The van der Waals surface area contributed by atoms with E-state index in [4.69, 9.17) is 6.57 Å². The van der Waals surface area contributed by atoms with Crippen LogP contribution in [0.25, 0.3) is 82.1 Å². The van der Waals surface area contributed by atoms with E-state index >= 15 is 0 Å². The summed E-state index contributed by atoms with van der Waals surface area (Å²) >= 11 is 0. The SMILES string of the molecule is [C-]#[N+]c1cccc(-c2ccc(-n3c4ccccc4c4c(C#N)cccc43)cc2)c1-c1ccccc1-n1c2ccccc2c2ccccc21. The van der Waals surface area contributed by atoms with Gasteiger partial charge in [-0.1, -0.05) is 109 Å². The van der Waals surface area contributed by atoms with Gasteiger partial charge in [0.05, 0.1) is 46.0 Å². The van der Waals surface area contributed by atoms with Gasteiger partial charge in [-0.15, -0.1) is 0 Å². The topological polar surface area (TPSA) is 38.0 Å². The lowest BCUT2D eigenvalue weighted by Gasteiger charge is -2.18. The number of para-hydroxylation sites is 4. The third kappa shape index (κ3) is 4.01. The van der Waals surface area contributed by atoms with Crippen molar-refractivity contribution in [3.05, 3.63) is 175 Å². The van der Waals surface area contributed by atoms with Gasteiger partial charge in [-0.25, -0.2) is 4.85 Å². The Bertz CT molecular complexity index is 2750. The molecule has 0 saturated heterocycles. The molecule has 9 aromatic rings. The molecule has 0 atom stereocenters. The van der Waals surface area contributed by atoms with Crippen molar-refractivity contribution in [1.29, 1.82) is 5.26 Å². The molecule has 0 spiro atoms. The lowest BCUT2D eigenvalue weighted by Crippen LogP contribution is -1.98. The number of benzene rings is 7. The second-order valence-corrected chi connectivity index (χ2v) is 11.9. The van der Waals surface area contributed by atoms with E-state index in [2.05, 4.69) is 141 Å². The van der Waals surface area contributed by atoms with Crippen LogP contribution in [-0.2, 0) is 0 Å². The number of hydrogen-bond donors (Lipinski definition) is 0. The van der Waals surface area contributed by atoms with E-state index in [0.717, 1.165) is 66.5 Å². The Labute approximate surface area is 277 Å². The van der Waals surface area contributed by atoms with Crippen LogP contribution in [0.3, 0.4) is 0 Å². The van der Waals surface area contributed by atoms with Gasteiger partial charge >= 0.3 is 0 Å². The van der Waals surface area contributed by atoms with E-state index < -0.39 is 0 Å². The minimum absolute atomic E-state index is 0.608. The zero-order chi connectivity index (χ0) is 32.2.